The number of carboxylic acids is 1. The number of carboxylic acid groups (broad SMARTS) is 1. The van der Waals surface area contributed by atoms with E-state index in [1.165, 1.54) is 35.4 Å². The Hall–Kier alpha value is -1.47. The number of halogens is 1. The maximum Gasteiger partial charge on any atom is 0.338 e. The zero-order valence-electron chi connectivity index (χ0n) is 10.1. The lowest BCUT2D eigenvalue weighted by Crippen LogP contribution is -2.01. The van der Waals surface area contributed by atoms with Crippen LogP contribution in [0.5, 0.6) is 0 Å². The molecule has 0 radical (unpaired) electrons. The molecule has 19 heavy (non-hydrogen) atoms. The number of carbonyl (C=O) groups is 1. The van der Waals surface area contributed by atoms with Gasteiger partial charge in [0, 0.05) is 12.2 Å². The minimum Gasteiger partial charge on any atom is -0.478 e. The van der Waals surface area contributed by atoms with Crippen molar-refractivity contribution in [2.24, 2.45) is 0 Å². The monoisotopic (exact) mass is 298 g/mol. The van der Waals surface area contributed by atoms with Crippen LogP contribution in [-0.4, -0.2) is 20.4 Å². The molecule has 0 atom stereocenters. The average molecular weight is 298 g/mol. The molecule has 1 aromatic carbocycles. The normalized spacial score (nSPS) is 10.6. The first kappa shape index (κ1) is 14.0. The molecule has 0 amide bonds. The maximum atomic E-state index is 13.2. The third-order valence-electron chi connectivity index (χ3n) is 2.39. The summed E-state index contributed by atoms with van der Waals surface area (Å²) in [6.07, 6.45) is 0.788. The predicted octanol–water partition coefficient (Wildman–Crippen LogP) is 3.23. The molecule has 0 aliphatic carbocycles. The van der Waals surface area contributed by atoms with Crippen molar-refractivity contribution in [1.29, 1.82) is 0 Å². The third-order valence-corrected chi connectivity index (χ3v) is 4.33. The van der Waals surface area contributed by atoms with Crippen LogP contribution in [0, 0.1) is 5.82 Å². The lowest BCUT2D eigenvalue weighted by atomic mass is 10.1. The lowest BCUT2D eigenvalue weighted by Gasteiger charge is -2.02. The number of aryl methyl sites for hydroxylation is 1. The molecule has 2 rings (SSSR count). The summed E-state index contributed by atoms with van der Waals surface area (Å²) < 4.78 is 18.2. The van der Waals surface area contributed by atoms with Crippen LogP contribution in [0.15, 0.2) is 22.5 Å². The van der Waals surface area contributed by atoms with Crippen molar-refractivity contribution in [3.05, 3.63) is 41.0 Å². The Balaban J connectivity index is 2.07. The van der Waals surface area contributed by atoms with E-state index in [-0.39, 0.29) is 5.56 Å². The maximum absolute atomic E-state index is 13.2. The molecule has 1 N–H and O–H groups in total. The largest absolute Gasteiger partial charge is 0.478 e. The van der Waals surface area contributed by atoms with Gasteiger partial charge >= 0.3 is 5.97 Å². The Bertz CT molecular complexity index is 601. The van der Waals surface area contributed by atoms with Crippen LogP contribution >= 0.6 is 23.3 Å². The minimum absolute atomic E-state index is 0.301. The molecule has 1 aromatic heterocycles. The van der Waals surface area contributed by atoms with Gasteiger partial charge in [0.25, 0.3) is 0 Å². The van der Waals surface area contributed by atoms with Crippen LogP contribution in [0.25, 0.3) is 0 Å². The van der Waals surface area contributed by atoms with Crippen molar-refractivity contribution < 1.29 is 14.3 Å². The predicted molar refractivity (Wildman–Crippen MR) is 72.2 cm³/mol. The highest BCUT2D eigenvalue weighted by Crippen LogP contribution is 2.25. The highest BCUT2D eigenvalue weighted by atomic mass is 32.2. The van der Waals surface area contributed by atoms with Crippen molar-refractivity contribution in [2.45, 2.75) is 23.4 Å². The zero-order chi connectivity index (χ0) is 13.8. The number of hydrogen-bond acceptors (Lipinski definition) is 5. The van der Waals surface area contributed by atoms with Gasteiger partial charge in [-0.3, -0.25) is 0 Å². The number of nitrogens with zero attached hydrogens (tertiary/aromatic N) is 2. The van der Waals surface area contributed by atoms with Crippen molar-refractivity contribution in [3.63, 3.8) is 0 Å². The first-order valence-electron chi connectivity index (χ1n) is 5.57. The second kappa shape index (κ2) is 6.12. The van der Waals surface area contributed by atoms with Gasteiger partial charge < -0.3 is 5.11 Å². The summed E-state index contributed by atoms with van der Waals surface area (Å²) >= 11 is 2.78. The van der Waals surface area contributed by atoms with Gasteiger partial charge in [0.1, 0.15) is 11.6 Å². The highest BCUT2D eigenvalue weighted by Gasteiger charge is 2.11. The van der Waals surface area contributed by atoms with Crippen molar-refractivity contribution >= 4 is 29.3 Å². The molecular weight excluding hydrogens is 287 g/mol. The van der Waals surface area contributed by atoms with Crippen molar-refractivity contribution in [1.82, 2.24) is 9.36 Å². The number of benzene rings is 1. The van der Waals surface area contributed by atoms with Crippen LogP contribution in [0.2, 0.25) is 0 Å². The van der Waals surface area contributed by atoms with Crippen molar-refractivity contribution in [2.75, 3.05) is 0 Å². The first-order chi connectivity index (χ1) is 9.10. The molecule has 0 fully saturated rings. The van der Waals surface area contributed by atoms with E-state index in [0.29, 0.717) is 5.75 Å². The molecule has 2 aromatic rings. The quantitative estimate of drug-likeness (QED) is 0.859. The van der Waals surface area contributed by atoms with E-state index in [2.05, 4.69) is 9.36 Å². The molecule has 0 aliphatic heterocycles. The second-order valence-electron chi connectivity index (χ2n) is 3.74. The Kier molecular flexibility index (Phi) is 4.49. The van der Waals surface area contributed by atoms with Crippen LogP contribution < -0.4 is 0 Å². The standard InChI is InChI=1S/C12H11FN2O2S2/c1-2-10-14-12(19-15-10)18-6-7-3-4-9(13)8(5-7)11(16)17/h3-5H,2,6H2,1H3,(H,16,17). The number of thioether (sulfide) groups is 1. The van der Waals surface area contributed by atoms with Gasteiger partial charge in [0.05, 0.1) is 5.56 Å². The van der Waals surface area contributed by atoms with Crippen LogP contribution in [0.3, 0.4) is 0 Å². The molecule has 0 aliphatic rings. The SMILES string of the molecule is CCc1nsc(SCc2ccc(F)c(C(=O)O)c2)n1. The van der Waals surface area contributed by atoms with Gasteiger partial charge in [-0.25, -0.2) is 14.2 Å². The van der Waals surface area contributed by atoms with E-state index in [1.54, 1.807) is 6.07 Å². The summed E-state index contributed by atoms with van der Waals surface area (Å²) in [5.74, 6) is -0.629. The molecular formula is C12H11FN2O2S2. The fourth-order valence-corrected chi connectivity index (χ4v) is 3.05. The van der Waals surface area contributed by atoms with Crippen LogP contribution in [0.4, 0.5) is 4.39 Å². The Morgan fingerprint density at radius 1 is 1.53 bits per heavy atom. The van der Waals surface area contributed by atoms with E-state index in [9.17, 15) is 9.18 Å². The molecule has 0 unspecified atom stereocenters. The third kappa shape index (κ3) is 3.51. The average Bonchev–Trinajstić information content (AvgIpc) is 2.85. The first-order valence-corrected chi connectivity index (χ1v) is 7.33. The summed E-state index contributed by atoms with van der Waals surface area (Å²) in [5, 5.41) is 8.84. The van der Waals surface area contributed by atoms with Gasteiger partial charge in [-0.1, -0.05) is 24.8 Å². The van der Waals surface area contributed by atoms with E-state index in [0.717, 1.165) is 22.1 Å². The summed E-state index contributed by atoms with van der Waals surface area (Å²) in [6.45, 7) is 1.98. The number of hydrogen-bond donors (Lipinski definition) is 1. The zero-order valence-corrected chi connectivity index (χ0v) is 11.7. The second-order valence-corrected chi connectivity index (χ2v) is 5.71. The molecule has 4 nitrogen and oxygen atoms in total. The van der Waals surface area contributed by atoms with Gasteiger partial charge in [-0.2, -0.15) is 4.37 Å². The summed E-state index contributed by atoms with van der Waals surface area (Å²) in [4.78, 5) is 15.1. The van der Waals surface area contributed by atoms with Crippen molar-refractivity contribution in [3.8, 4) is 0 Å². The molecule has 0 spiro atoms. The van der Waals surface area contributed by atoms with E-state index in [1.807, 2.05) is 6.92 Å². The van der Waals surface area contributed by atoms with E-state index < -0.39 is 11.8 Å². The molecule has 0 bridgehead atoms. The summed E-state index contributed by atoms with van der Waals surface area (Å²) in [7, 11) is 0. The Morgan fingerprint density at radius 2 is 2.32 bits per heavy atom. The van der Waals surface area contributed by atoms with Gasteiger partial charge in [-0.15, -0.1) is 0 Å². The molecule has 1 heterocycles. The molecule has 0 saturated heterocycles. The Labute approximate surface area is 117 Å². The topological polar surface area (TPSA) is 63.1 Å². The van der Waals surface area contributed by atoms with Gasteiger partial charge in [0.15, 0.2) is 4.34 Å². The fourth-order valence-electron chi connectivity index (χ4n) is 1.41. The van der Waals surface area contributed by atoms with E-state index >= 15 is 0 Å². The fraction of sp³-hybridized carbons (Fsp3) is 0.250. The van der Waals surface area contributed by atoms with Crippen LogP contribution in [0.1, 0.15) is 28.7 Å². The summed E-state index contributed by atoms with van der Waals surface area (Å²) in [6, 6.07) is 4.11. The van der Waals surface area contributed by atoms with Gasteiger partial charge in [0.2, 0.25) is 0 Å². The molecule has 0 saturated carbocycles. The number of rotatable bonds is 5. The molecule has 100 valence electrons. The molecule has 7 heteroatoms. The highest BCUT2D eigenvalue weighted by molar-refractivity contribution is 8.00. The lowest BCUT2D eigenvalue weighted by molar-refractivity contribution is 0.0692. The van der Waals surface area contributed by atoms with Crippen LogP contribution in [-0.2, 0) is 12.2 Å². The van der Waals surface area contributed by atoms with E-state index in [4.69, 9.17) is 5.11 Å². The summed E-state index contributed by atoms with van der Waals surface area (Å²) in [5.41, 5.74) is 0.446. The van der Waals surface area contributed by atoms with Gasteiger partial charge in [-0.05, 0) is 29.2 Å². The Morgan fingerprint density at radius 3 is 2.95 bits per heavy atom. The number of aromatic nitrogens is 2. The smallest absolute Gasteiger partial charge is 0.338 e. The number of aromatic carboxylic acids is 1. The minimum atomic E-state index is -1.26.